The van der Waals surface area contributed by atoms with Crippen LogP contribution in [0.3, 0.4) is 0 Å². The summed E-state index contributed by atoms with van der Waals surface area (Å²) in [7, 11) is 1.66. The minimum Gasteiger partial charge on any atom is -0.493 e. The molecule has 0 unspecified atom stereocenters. The number of benzene rings is 1. The van der Waals surface area contributed by atoms with Crippen LogP contribution in [0.5, 0.6) is 11.5 Å². The second-order valence-corrected chi connectivity index (χ2v) is 3.89. The summed E-state index contributed by atoms with van der Waals surface area (Å²) in [6.45, 7) is 6.30. The van der Waals surface area contributed by atoms with Gasteiger partial charge in [-0.15, -0.1) is 0 Å². The van der Waals surface area contributed by atoms with E-state index < -0.39 is 0 Å². The first-order chi connectivity index (χ1) is 8.31. The van der Waals surface area contributed by atoms with Gasteiger partial charge in [-0.3, -0.25) is 0 Å². The third-order valence-corrected chi connectivity index (χ3v) is 2.31. The van der Waals surface area contributed by atoms with Gasteiger partial charge >= 0.3 is 0 Å². The summed E-state index contributed by atoms with van der Waals surface area (Å²) in [5.74, 6) is 1.57. The second kappa shape index (κ2) is 7.96. The summed E-state index contributed by atoms with van der Waals surface area (Å²) in [5.41, 5.74) is 1.11. The maximum absolute atomic E-state index is 5.59. The Morgan fingerprint density at radius 1 is 1.00 bits per heavy atom. The van der Waals surface area contributed by atoms with E-state index in [0.29, 0.717) is 13.2 Å². The van der Waals surface area contributed by atoms with Crippen LogP contribution >= 0.6 is 0 Å². The van der Waals surface area contributed by atoms with E-state index in [4.69, 9.17) is 14.2 Å². The van der Waals surface area contributed by atoms with Gasteiger partial charge in [0.15, 0.2) is 11.5 Å². The molecule has 17 heavy (non-hydrogen) atoms. The maximum atomic E-state index is 5.59. The lowest BCUT2D eigenvalue weighted by Gasteiger charge is -2.11. The molecule has 1 rings (SSSR count). The molecule has 96 valence electrons. The van der Waals surface area contributed by atoms with Crippen molar-refractivity contribution in [2.75, 3.05) is 20.3 Å². The highest BCUT2D eigenvalue weighted by molar-refractivity contribution is 5.42. The average Bonchev–Trinajstić information content (AvgIpc) is 2.37. The average molecular weight is 238 g/mol. The first kappa shape index (κ1) is 13.8. The lowest BCUT2D eigenvalue weighted by atomic mass is 10.2. The summed E-state index contributed by atoms with van der Waals surface area (Å²) in [6, 6.07) is 5.93. The fourth-order valence-electron chi connectivity index (χ4n) is 1.47. The lowest BCUT2D eigenvalue weighted by molar-refractivity contribution is 0.121. The van der Waals surface area contributed by atoms with Gasteiger partial charge in [-0.1, -0.05) is 19.9 Å². The molecule has 0 saturated carbocycles. The van der Waals surface area contributed by atoms with Crippen molar-refractivity contribution in [2.24, 2.45) is 0 Å². The Morgan fingerprint density at radius 2 is 1.76 bits per heavy atom. The first-order valence-corrected chi connectivity index (χ1v) is 6.19. The second-order valence-electron chi connectivity index (χ2n) is 3.89. The summed E-state index contributed by atoms with van der Waals surface area (Å²) in [4.78, 5) is 0. The zero-order valence-corrected chi connectivity index (χ0v) is 11.0. The molecule has 1 aromatic rings. The van der Waals surface area contributed by atoms with Crippen LogP contribution in [0.25, 0.3) is 0 Å². The van der Waals surface area contributed by atoms with Crippen molar-refractivity contribution in [1.82, 2.24) is 0 Å². The summed E-state index contributed by atoms with van der Waals surface area (Å²) >= 11 is 0. The van der Waals surface area contributed by atoms with Crippen LogP contribution in [0.2, 0.25) is 0 Å². The molecule has 0 bridgehead atoms. The molecule has 0 aromatic heterocycles. The smallest absolute Gasteiger partial charge is 0.161 e. The molecule has 0 spiro atoms. The number of hydrogen-bond acceptors (Lipinski definition) is 3. The molecule has 0 radical (unpaired) electrons. The predicted octanol–water partition coefficient (Wildman–Crippen LogP) is 3.41. The van der Waals surface area contributed by atoms with Crippen molar-refractivity contribution in [1.29, 1.82) is 0 Å². The van der Waals surface area contributed by atoms with Crippen LogP contribution < -0.4 is 9.47 Å². The Labute approximate surface area is 104 Å². The Bertz CT molecular complexity index is 323. The van der Waals surface area contributed by atoms with E-state index in [1.807, 2.05) is 18.2 Å². The van der Waals surface area contributed by atoms with Crippen LogP contribution in [0.4, 0.5) is 0 Å². The van der Waals surface area contributed by atoms with Gasteiger partial charge in [0.2, 0.25) is 0 Å². The third-order valence-electron chi connectivity index (χ3n) is 2.31. The van der Waals surface area contributed by atoms with Crippen molar-refractivity contribution in [3.63, 3.8) is 0 Å². The highest BCUT2D eigenvalue weighted by atomic mass is 16.5. The minimum atomic E-state index is 0.623. The van der Waals surface area contributed by atoms with E-state index in [9.17, 15) is 0 Å². The molecule has 0 heterocycles. The normalized spacial score (nSPS) is 10.3. The van der Waals surface area contributed by atoms with Gasteiger partial charge in [-0.2, -0.15) is 0 Å². The highest BCUT2D eigenvalue weighted by Gasteiger charge is 2.05. The maximum Gasteiger partial charge on any atom is 0.161 e. The fraction of sp³-hybridized carbons (Fsp3) is 0.571. The number of methoxy groups -OCH3 is 1. The van der Waals surface area contributed by atoms with Gasteiger partial charge in [0.25, 0.3) is 0 Å². The molecule has 0 atom stereocenters. The molecule has 0 N–H and O–H groups in total. The Balaban J connectivity index is 2.63. The van der Waals surface area contributed by atoms with Crippen molar-refractivity contribution in [3.05, 3.63) is 23.8 Å². The molecule has 0 aliphatic heterocycles. The van der Waals surface area contributed by atoms with E-state index in [2.05, 4.69) is 13.8 Å². The van der Waals surface area contributed by atoms with E-state index >= 15 is 0 Å². The lowest BCUT2D eigenvalue weighted by Crippen LogP contribution is -1.99. The van der Waals surface area contributed by atoms with Gasteiger partial charge in [0.05, 0.1) is 20.3 Å². The van der Waals surface area contributed by atoms with Crippen LogP contribution in [-0.2, 0) is 11.3 Å². The largest absolute Gasteiger partial charge is 0.493 e. The zero-order chi connectivity index (χ0) is 12.5. The molecular weight excluding hydrogens is 216 g/mol. The van der Waals surface area contributed by atoms with Crippen LogP contribution in [-0.4, -0.2) is 20.3 Å². The quantitative estimate of drug-likeness (QED) is 0.649. The van der Waals surface area contributed by atoms with Gasteiger partial charge < -0.3 is 14.2 Å². The SMILES string of the molecule is CCCOCc1ccc(OCCC)c(OC)c1. The molecular formula is C14H22O3. The molecule has 3 heteroatoms. The minimum absolute atomic E-state index is 0.623. The molecule has 3 nitrogen and oxygen atoms in total. The summed E-state index contributed by atoms with van der Waals surface area (Å²) < 4.78 is 16.4. The Hall–Kier alpha value is -1.22. The molecule has 0 amide bonds. The molecule has 0 aliphatic carbocycles. The van der Waals surface area contributed by atoms with Gasteiger partial charge in [-0.05, 0) is 30.5 Å². The van der Waals surface area contributed by atoms with Gasteiger partial charge in [-0.25, -0.2) is 0 Å². The molecule has 0 fully saturated rings. The van der Waals surface area contributed by atoms with E-state index in [1.54, 1.807) is 7.11 Å². The summed E-state index contributed by atoms with van der Waals surface area (Å²) in [5, 5.41) is 0. The van der Waals surface area contributed by atoms with Crippen molar-refractivity contribution >= 4 is 0 Å². The van der Waals surface area contributed by atoms with Crippen molar-refractivity contribution in [3.8, 4) is 11.5 Å². The predicted molar refractivity (Wildman–Crippen MR) is 68.7 cm³/mol. The Morgan fingerprint density at radius 3 is 2.41 bits per heavy atom. The van der Waals surface area contributed by atoms with Crippen LogP contribution in [0.1, 0.15) is 32.3 Å². The standard InChI is InChI=1S/C14H22O3/c1-4-8-16-11-12-6-7-13(17-9-5-2)14(10-12)15-3/h6-7,10H,4-5,8-9,11H2,1-3H3. The monoisotopic (exact) mass is 238 g/mol. The third kappa shape index (κ3) is 4.65. The first-order valence-electron chi connectivity index (χ1n) is 6.19. The van der Waals surface area contributed by atoms with E-state index in [1.165, 1.54) is 0 Å². The number of rotatable bonds is 8. The van der Waals surface area contributed by atoms with Gasteiger partial charge in [0.1, 0.15) is 0 Å². The zero-order valence-electron chi connectivity index (χ0n) is 11.0. The van der Waals surface area contributed by atoms with Crippen molar-refractivity contribution < 1.29 is 14.2 Å². The summed E-state index contributed by atoms with van der Waals surface area (Å²) in [6.07, 6.45) is 2.03. The van der Waals surface area contributed by atoms with E-state index in [-0.39, 0.29) is 0 Å². The van der Waals surface area contributed by atoms with Crippen LogP contribution in [0.15, 0.2) is 18.2 Å². The number of hydrogen-bond donors (Lipinski definition) is 0. The number of ether oxygens (including phenoxy) is 3. The molecule has 0 saturated heterocycles. The van der Waals surface area contributed by atoms with Crippen LogP contribution in [0, 0.1) is 0 Å². The van der Waals surface area contributed by atoms with E-state index in [0.717, 1.165) is 36.5 Å². The van der Waals surface area contributed by atoms with Crippen molar-refractivity contribution in [2.45, 2.75) is 33.3 Å². The highest BCUT2D eigenvalue weighted by Crippen LogP contribution is 2.28. The molecule has 0 aliphatic rings. The van der Waals surface area contributed by atoms with Gasteiger partial charge in [0, 0.05) is 6.61 Å². The molecule has 1 aromatic carbocycles. The Kier molecular flexibility index (Phi) is 6.48. The fourth-order valence-corrected chi connectivity index (χ4v) is 1.47. The topological polar surface area (TPSA) is 27.7 Å².